The molecule has 3 aromatic rings. The summed E-state index contributed by atoms with van der Waals surface area (Å²) in [4.78, 5) is 28.1. The first-order valence-electron chi connectivity index (χ1n) is 9.19. The van der Waals surface area contributed by atoms with Crippen LogP contribution in [0.25, 0.3) is 0 Å². The fourth-order valence-electron chi connectivity index (χ4n) is 3.39. The number of ketones is 1. The quantitative estimate of drug-likeness (QED) is 0.543. The van der Waals surface area contributed by atoms with Crippen molar-refractivity contribution in [2.24, 2.45) is 0 Å². The van der Waals surface area contributed by atoms with Gasteiger partial charge in [-0.15, -0.1) is 11.3 Å². The van der Waals surface area contributed by atoms with Crippen LogP contribution in [0, 0.1) is 0 Å². The van der Waals surface area contributed by atoms with Gasteiger partial charge in [0.25, 0.3) is 0 Å². The minimum atomic E-state index is -0.354. The van der Waals surface area contributed by atoms with Crippen LogP contribution in [0.5, 0.6) is 0 Å². The van der Waals surface area contributed by atoms with E-state index in [1.54, 1.807) is 17.0 Å². The Bertz CT molecular complexity index is 1050. The van der Waals surface area contributed by atoms with Gasteiger partial charge in [-0.25, -0.2) is 4.79 Å². The predicted octanol–water partition coefficient (Wildman–Crippen LogP) is 5.02. The van der Waals surface area contributed by atoms with Crippen molar-refractivity contribution in [1.29, 1.82) is 0 Å². The molecule has 0 radical (unpaired) electrons. The summed E-state index contributed by atoms with van der Waals surface area (Å²) in [5.41, 5.74) is 9.27. The number of amides is 1. The van der Waals surface area contributed by atoms with E-state index >= 15 is 0 Å². The van der Waals surface area contributed by atoms with E-state index in [-0.39, 0.29) is 18.5 Å². The number of benzene rings is 2. The lowest BCUT2D eigenvalue weighted by atomic mass is 9.96. The van der Waals surface area contributed by atoms with E-state index in [4.69, 9.17) is 10.5 Å². The highest BCUT2D eigenvalue weighted by Gasteiger charge is 2.29. The molecule has 5 nitrogen and oxygen atoms in total. The molecule has 1 aliphatic heterocycles. The summed E-state index contributed by atoms with van der Waals surface area (Å²) >= 11 is 4.76. The van der Waals surface area contributed by atoms with Crippen molar-refractivity contribution < 1.29 is 14.3 Å². The number of anilines is 1. The minimum absolute atomic E-state index is 0.0763. The van der Waals surface area contributed by atoms with E-state index in [1.807, 2.05) is 42.5 Å². The van der Waals surface area contributed by atoms with Crippen molar-refractivity contribution in [3.8, 4) is 0 Å². The third-order valence-electron chi connectivity index (χ3n) is 4.88. The predicted molar refractivity (Wildman–Crippen MR) is 117 cm³/mol. The van der Waals surface area contributed by atoms with Crippen LogP contribution in [0.2, 0.25) is 0 Å². The molecule has 4 rings (SSSR count). The number of thiophene rings is 1. The maximum absolute atomic E-state index is 13.0. The number of carbonyl (C=O) groups is 2. The summed E-state index contributed by atoms with van der Waals surface area (Å²) in [5.74, 6) is -0.0763. The summed E-state index contributed by atoms with van der Waals surface area (Å²) in [6.45, 7) is 1.14. The van der Waals surface area contributed by atoms with E-state index < -0.39 is 0 Å². The second kappa shape index (κ2) is 8.39. The summed E-state index contributed by atoms with van der Waals surface area (Å²) in [5, 5.41) is 0.502. The molecule has 7 heteroatoms. The SMILES string of the molecule is Nc1sc2c(c1C(=O)c1ccc(Br)cc1)CCN(C(=O)OCc1ccccc1)C2. The largest absolute Gasteiger partial charge is 0.445 e. The Morgan fingerprint density at radius 1 is 1.10 bits per heavy atom. The molecule has 2 heterocycles. The van der Waals surface area contributed by atoms with Gasteiger partial charge in [-0.1, -0.05) is 46.3 Å². The van der Waals surface area contributed by atoms with Crippen LogP contribution >= 0.6 is 27.3 Å². The molecule has 0 saturated carbocycles. The Hall–Kier alpha value is -2.64. The van der Waals surface area contributed by atoms with Crippen LogP contribution < -0.4 is 5.73 Å². The van der Waals surface area contributed by atoms with E-state index in [0.717, 1.165) is 20.5 Å². The molecular formula is C22H19BrN2O3S. The number of nitrogens with zero attached hydrogens (tertiary/aromatic N) is 1. The maximum atomic E-state index is 13.0. The Kier molecular flexibility index (Phi) is 5.69. The van der Waals surface area contributed by atoms with Crippen LogP contribution in [0.1, 0.15) is 31.9 Å². The second-order valence-electron chi connectivity index (χ2n) is 6.79. The lowest BCUT2D eigenvalue weighted by molar-refractivity contribution is 0.0923. The number of rotatable bonds is 4. The van der Waals surface area contributed by atoms with Gasteiger partial charge in [0.15, 0.2) is 5.78 Å². The number of hydrogen-bond donors (Lipinski definition) is 1. The summed E-state index contributed by atoms with van der Waals surface area (Å²) < 4.78 is 6.35. The highest BCUT2D eigenvalue weighted by molar-refractivity contribution is 9.10. The van der Waals surface area contributed by atoms with Gasteiger partial charge in [-0.2, -0.15) is 0 Å². The zero-order chi connectivity index (χ0) is 20.4. The monoisotopic (exact) mass is 470 g/mol. The molecule has 2 N–H and O–H groups in total. The van der Waals surface area contributed by atoms with Crippen molar-refractivity contribution in [2.75, 3.05) is 12.3 Å². The second-order valence-corrected chi connectivity index (χ2v) is 8.84. The van der Waals surface area contributed by atoms with Crippen molar-refractivity contribution in [1.82, 2.24) is 4.90 Å². The fraction of sp³-hybridized carbons (Fsp3) is 0.182. The van der Waals surface area contributed by atoms with E-state index in [9.17, 15) is 9.59 Å². The normalized spacial score (nSPS) is 13.1. The van der Waals surface area contributed by atoms with Gasteiger partial charge in [0, 0.05) is 21.5 Å². The van der Waals surface area contributed by atoms with Gasteiger partial charge in [0.1, 0.15) is 6.61 Å². The molecule has 1 aromatic heterocycles. The first-order valence-corrected chi connectivity index (χ1v) is 10.8. The van der Waals surface area contributed by atoms with Gasteiger partial charge >= 0.3 is 6.09 Å². The number of nitrogen functional groups attached to an aromatic ring is 1. The number of ether oxygens (including phenoxy) is 1. The van der Waals surface area contributed by atoms with E-state index in [0.29, 0.717) is 35.6 Å². The minimum Gasteiger partial charge on any atom is -0.445 e. The smallest absolute Gasteiger partial charge is 0.410 e. The average molecular weight is 471 g/mol. The molecule has 0 fully saturated rings. The highest BCUT2D eigenvalue weighted by Crippen LogP contribution is 2.36. The van der Waals surface area contributed by atoms with Crippen LogP contribution in [0.15, 0.2) is 59.1 Å². The highest BCUT2D eigenvalue weighted by atomic mass is 79.9. The lowest BCUT2D eigenvalue weighted by Crippen LogP contribution is -2.36. The molecule has 29 heavy (non-hydrogen) atoms. The van der Waals surface area contributed by atoms with Gasteiger partial charge in [0.05, 0.1) is 17.1 Å². The Morgan fingerprint density at radius 2 is 1.83 bits per heavy atom. The van der Waals surface area contributed by atoms with Crippen LogP contribution in [-0.2, 0) is 24.3 Å². The van der Waals surface area contributed by atoms with Gasteiger partial charge in [-0.3, -0.25) is 4.79 Å². The Labute approximate surface area is 181 Å². The fourth-order valence-corrected chi connectivity index (χ4v) is 4.78. The van der Waals surface area contributed by atoms with Gasteiger partial charge in [-0.05, 0) is 41.8 Å². The first-order chi connectivity index (χ1) is 14.0. The number of halogens is 1. The van der Waals surface area contributed by atoms with Crippen LogP contribution in [0.3, 0.4) is 0 Å². The van der Waals surface area contributed by atoms with Crippen molar-refractivity contribution >= 4 is 44.1 Å². The van der Waals surface area contributed by atoms with E-state index in [1.165, 1.54) is 11.3 Å². The Balaban J connectivity index is 1.48. The summed E-state index contributed by atoms with van der Waals surface area (Å²) in [7, 11) is 0. The molecule has 0 atom stereocenters. The third kappa shape index (κ3) is 4.21. The molecule has 0 bridgehead atoms. The molecule has 0 unspecified atom stereocenters. The number of carbonyl (C=O) groups excluding carboxylic acids is 2. The molecule has 0 spiro atoms. The molecule has 148 valence electrons. The van der Waals surface area contributed by atoms with Crippen LogP contribution in [0.4, 0.5) is 9.80 Å². The van der Waals surface area contributed by atoms with Crippen molar-refractivity contribution in [3.05, 3.63) is 86.2 Å². The standard InChI is InChI=1S/C22H19BrN2O3S/c23-16-8-6-15(7-9-16)20(26)19-17-10-11-25(12-18(17)29-21(19)24)22(27)28-13-14-4-2-1-3-5-14/h1-9H,10-13,24H2. The van der Waals surface area contributed by atoms with Crippen LogP contribution in [-0.4, -0.2) is 23.3 Å². The lowest BCUT2D eigenvalue weighted by Gasteiger charge is -2.26. The molecule has 0 aliphatic carbocycles. The van der Waals surface area contributed by atoms with E-state index in [2.05, 4.69) is 15.9 Å². The maximum Gasteiger partial charge on any atom is 0.410 e. The number of fused-ring (bicyclic) bond motifs is 1. The van der Waals surface area contributed by atoms with Crippen molar-refractivity contribution in [3.63, 3.8) is 0 Å². The molecule has 1 amide bonds. The molecule has 2 aromatic carbocycles. The number of hydrogen-bond acceptors (Lipinski definition) is 5. The zero-order valence-electron chi connectivity index (χ0n) is 15.6. The summed E-state index contributed by atoms with van der Waals surface area (Å²) in [6, 6.07) is 16.8. The zero-order valence-corrected chi connectivity index (χ0v) is 18.0. The molecule has 1 aliphatic rings. The third-order valence-corrected chi connectivity index (χ3v) is 6.46. The number of nitrogens with two attached hydrogens (primary N) is 1. The van der Waals surface area contributed by atoms with Gasteiger partial charge < -0.3 is 15.4 Å². The van der Waals surface area contributed by atoms with Gasteiger partial charge in [0.2, 0.25) is 0 Å². The molecular weight excluding hydrogens is 452 g/mol. The first kappa shape index (κ1) is 19.7. The summed E-state index contributed by atoms with van der Waals surface area (Å²) in [6.07, 6.45) is 0.230. The average Bonchev–Trinajstić information content (AvgIpc) is 3.07. The Morgan fingerprint density at radius 3 is 2.55 bits per heavy atom. The topological polar surface area (TPSA) is 72.6 Å². The van der Waals surface area contributed by atoms with Crippen molar-refractivity contribution in [2.45, 2.75) is 19.6 Å². The molecule has 0 saturated heterocycles.